The SMILES string of the molecule is CC(C(=O)NC1CCCC1)N(Cc1ccccc1Cl)C(=O)CSCc1c(Cl)cccc1Cl. The molecule has 0 saturated heterocycles. The van der Waals surface area contributed by atoms with Crippen LogP contribution in [-0.4, -0.2) is 34.6 Å². The second-order valence-electron chi connectivity index (χ2n) is 7.97. The van der Waals surface area contributed by atoms with Crippen molar-refractivity contribution >= 4 is 58.4 Å². The predicted molar refractivity (Wildman–Crippen MR) is 134 cm³/mol. The number of nitrogens with zero attached hydrogens (tertiary/aromatic N) is 1. The van der Waals surface area contributed by atoms with Gasteiger partial charge in [0.15, 0.2) is 0 Å². The van der Waals surface area contributed by atoms with Gasteiger partial charge in [0.25, 0.3) is 0 Å². The summed E-state index contributed by atoms with van der Waals surface area (Å²) in [6.07, 6.45) is 4.24. The van der Waals surface area contributed by atoms with Gasteiger partial charge in [0.2, 0.25) is 11.8 Å². The number of nitrogens with one attached hydrogen (secondary N) is 1. The molecule has 0 heterocycles. The predicted octanol–water partition coefficient (Wildman–Crippen LogP) is 6.36. The van der Waals surface area contributed by atoms with Crippen LogP contribution in [0.3, 0.4) is 0 Å². The van der Waals surface area contributed by atoms with E-state index in [9.17, 15) is 9.59 Å². The highest BCUT2D eigenvalue weighted by atomic mass is 35.5. The molecule has 0 aromatic heterocycles. The fourth-order valence-electron chi connectivity index (χ4n) is 3.78. The van der Waals surface area contributed by atoms with Crippen molar-refractivity contribution in [2.45, 2.75) is 57.0 Å². The smallest absolute Gasteiger partial charge is 0.242 e. The van der Waals surface area contributed by atoms with Crippen LogP contribution in [0.4, 0.5) is 0 Å². The molecule has 0 radical (unpaired) electrons. The van der Waals surface area contributed by atoms with Crippen molar-refractivity contribution in [3.8, 4) is 0 Å². The Labute approximate surface area is 209 Å². The van der Waals surface area contributed by atoms with Crippen molar-refractivity contribution in [1.82, 2.24) is 10.2 Å². The molecule has 1 aliphatic rings. The lowest BCUT2D eigenvalue weighted by atomic mass is 10.1. The number of carbonyl (C=O) groups is 2. The van der Waals surface area contributed by atoms with Crippen molar-refractivity contribution in [2.75, 3.05) is 5.75 Å². The second kappa shape index (κ2) is 12.2. The Morgan fingerprint density at radius 2 is 1.66 bits per heavy atom. The number of hydrogen-bond donors (Lipinski definition) is 1. The standard InChI is InChI=1S/C24H27Cl3N2O2S/c1-16(24(31)28-18-8-3-4-9-18)29(13-17-7-2-5-10-20(17)25)23(30)15-32-14-19-21(26)11-6-12-22(19)27/h2,5-7,10-12,16,18H,3-4,8-9,13-15H2,1H3,(H,28,31). The van der Waals surface area contributed by atoms with E-state index in [1.165, 1.54) is 11.8 Å². The van der Waals surface area contributed by atoms with Crippen molar-refractivity contribution in [3.05, 3.63) is 68.7 Å². The van der Waals surface area contributed by atoms with Crippen molar-refractivity contribution in [1.29, 1.82) is 0 Å². The van der Waals surface area contributed by atoms with E-state index >= 15 is 0 Å². The zero-order chi connectivity index (χ0) is 23.1. The number of benzene rings is 2. The maximum absolute atomic E-state index is 13.2. The van der Waals surface area contributed by atoms with Crippen molar-refractivity contribution < 1.29 is 9.59 Å². The van der Waals surface area contributed by atoms with Gasteiger partial charge in [-0.2, -0.15) is 0 Å². The lowest BCUT2D eigenvalue weighted by Gasteiger charge is -2.30. The van der Waals surface area contributed by atoms with Gasteiger partial charge in [-0.3, -0.25) is 9.59 Å². The molecular formula is C24H27Cl3N2O2S. The summed E-state index contributed by atoms with van der Waals surface area (Å²) in [7, 11) is 0. The summed E-state index contributed by atoms with van der Waals surface area (Å²) in [6, 6.07) is 12.3. The second-order valence-corrected chi connectivity index (χ2v) is 10.2. The topological polar surface area (TPSA) is 49.4 Å². The molecule has 0 aliphatic heterocycles. The molecule has 1 aliphatic carbocycles. The number of amides is 2. The van der Waals surface area contributed by atoms with Crippen LogP contribution < -0.4 is 5.32 Å². The summed E-state index contributed by atoms with van der Waals surface area (Å²) in [5, 5.41) is 4.83. The van der Waals surface area contributed by atoms with E-state index in [2.05, 4.69) is 5.32 Å². The molecule has 0 bridgehead atoms. The molecule has 172 valence electrons. The molecule has 2 aromatic carbocycles. The van der Waals surface area contributed by atoms with E-state index in [0.29, 0.717) is 20.8 Å². The molecule has 1 N–H and O–H groups in total. The first-order valence-electron chi connectivity index (χ1n) is 10.7. The van der Waals surface area contributed by atoms with E-state index in [1.54, 1.807) is 36.1 Å². The van der Waals surface area contributed by atoms with E-state index in [4.69, 9.17) is 34.8 Å². The lowest BCUT2D eigenvalue weighted by molar-refractivity contribution is -0.138. The molecule has 4 nitrogen and oxygen atoms in total. The highest BCUT2D eigenvalue weighted by molar-refractivity contribution is 7.99. The van der Waals surface area contributed by atoms with E-state index < -0.39 is 6.04 Å². The summed E-state index contributed by atoms with van der Waals surface area (Å²) in [5.74, 6) is 0.448. The largest absolute Gasteiger partial charge is 0.352 e. The van der Waals surface area contributed by atoms with Gasteiger partial charge in [-0.25, -0.2) is 0 Å². The van der Waals surface area contributed by atoms with Gasteiger partial charge in [0, 0.05) is 33.4 Å². The monoisotopic (exact) mass is 512 g/mol. The highest BCUT2D eigenvalue weighted by Gasteiger charge is 2.28. The molecular weight excluding hydrogens is 487 g/mol. The van der Waals surface area contributed by atoms with E-state index in [-0.39, 0.29) is 30.2 Å². The molecule has 0 spiro atoms. The number of thioether (sulfide) groups is 1. The fraction of sp³-hybridized carbons (Fsp3) is 0.417. The third kappa shape index (κ3) is 6.80. The van der Waals surface area contributed by atoms with Gasteiger partial charge in [-0.15, -0.1) is 11.8 Å². The Bertz CT molecular complexity index is 930. The molecule has 1 atom stereocenters. The summed E-state index contributed by atoms with van der Waals surface area (Å²) in [6.45, 7) is 2.04. The van der Waals surface area contributed by atoms with Gasteiger partial charge in [0.05, 0.1) is 5.75 Å². The molecule has 2 aromatic rings. The third-order valence-electron chi connectivity index (χ3n) is 5.70. The zero-order valence-corrected chi connectivity index (χ0v) is 21.0. The minimum absolute atomic E-state index is 0.128. The van der Waals surface area contributed by atoms with E-state index in [0.717, 1.165) is 36.8 Å². The number of carbonyl (C=O) groups excluding carboxylic acids is 2. The van der Waals surface area contributed by atoms with Gasteiger partial charge in [-0.1, -0.05) is 71.9 Å². The highest BCUT2D eigenvalue weighted by Crippen LogP contribution is 2.29. The quantitative estimate of drug-likeness (QED) is 0.425. The Balaban J connectivity index is 1.69. The Kier molecular flexibility index (Phi) is 9.60. The van der Waals surface area contributed by atoms with Gasteiger partial charge in [-0.05, 0) is 49.1 Å². The Morgan fingerprint density at radius 3 is 2.31 bits per heavy atom. The van der Waals surface area contributed by atoms with Crippen LogP contribution in [-0.2, 0) is 21.9 Å². The van der Waals surface area contributed by atoms with Crippen LogP contribution in [0.25, 0.3) is 0 Å². The van der Waals surface area contributed by atoms with Crippen LogP contribution >= 0.6 is 46.6 Å². The van der Waals surface area contributed by atoms with Crippen molar-refractivity contribution in [3.63, 3.8) is 0 Å². The maximum Gasteiger partial charge on any atom is 0.242 e. The van der Waals surface area contributed by atoms with Gasteiger partial charge >= 0.3 is 0 Å². The fourth-order valence-corrected chi connectivity index (χ4v) is 5.62. The third-order valence-corrected chi connectivity index (χ3v) is 7.72. The molecule has 2 amide bonds. The zero-order valence-electron chi connectivity index (χ0n) is 18.0. The first-order chi connectivity index (χ1) is 15.4. The normalized spacial score (nSPS) is 14.9. The van der Waals surface area contributed by atoms with Crippen LogP contribution in [0.15, 0.2) is 42.5 Å². The molecule has 1 fully saturated rings. The summed E-state index contributed by atoms with van der Waals surface area (Å²) in [4.78, 5) is 27.7. The molecule has 8 heteroatoms. The van der Waals surface area contributed by atoms with Gasteiger partial charge < -0.3 is 10.2 Å². The molecule has 1 unspecified atom stereocenters. The number of rotatable bonds is 9. The first-order valence-corrected chi connectivity index (χ1v) is 13.0. The molecule has 1 saturated carbocycles. The molecule has 32 heavy (non-hydrogen) atoms. The summed E-state index contributed by atoms with van der Waals surface area (Å²) >= 11 is 20.3. The Hall–Kier alpha value is -1.40. The van der Waals surface area contributed by atoms with Gasteiger partial charge in [0.1, 0.15) is 6.04 Å². The minimum Gasteiger partial charge on any atom is -0.352 e. The van der Waals surface area contributed by atoms with Crippen LogP contribution in [0, 0.1) is 0 Å². The average Bonchev–Trinajstić information content (AvgIpc) is 3.27. The molecule has 3 rings (SSSR count). The maximum atomic E-state index is 13.2. The minimum atomic E-state index is -0.608. The summed E-state index contributed by atoms with van der Waals surface area (Å²) < 4.78 is 0. The van der Waals surface area contributed by atoms with E-state index in [1.807, 2.05) is 18.2 Å². The first kappa shape index (κ1) is 25.2. The lowest BCUT2D eigenvalue weighted by Crippen LogP contribution is -2.50. The van der Waals surface area contributed by atoms with Crippen LogP contribution in [0.5, 0.6) is 0 Å². The average molecular weight is 514 g/mol. The van der Waals surface area contributed by atoms with Crippen molar-refractivity contribution in [2.24, 2.45) is 0 Å². The van der Waals surface area contributed by atoms with Crippen LogP contribution in [0.2, 0.25) is 15.1 Å². The van der Waals surface area contributed by atoms with Crippen LogP contribution in [0.1, 0.15) is 43.7 Å². The Morgan fingerprint density at radius 1 is 1.03 bits per heavy atom. The summed E-state index contributed by atoms with van der Waals surface area (Å²) in [5.41, 5.74) is 1.61. The number of hydrogen-bond acceptors (Lipinski definition) is 3. The number of halogens is 3.